The molecule has 0 saturated carbocycles. The molecule has 0 bridgehead atoms. The van der Waals surface area contributed by atoms with Gasteiger partial charge < -0.3 is 20.1 Å². The quantitative estimate of drug-likeness (QED) is 0.0705. The second-order valence-electron chi connectivity index (χ2n) is 20.5. The largest absolute Gasteiger partial charge is 0.512 e. The van der Waals surface area contributed by atoms with Gasteiger partial charge in [0.05, 0.1) is 5.76 Å². The Hall–Kier alpha value is -7.90. The Bertz CT molecular complexity index is 3930. The standard InChI is InChI=1S/C21H20N.C18H15N2.C17H12N.C13H8N.C5H8O2.3Ir/c1-16(2)13-17-7-5-8-18(14-17)19-9-6-10-20(15-19)21-11-3-4-12-22-21;1-18(2)16-7-4-3-6-14(16)15-9-8-13(12-17(15)18)20-11-5-10-19-20;1-2-7-14(8-3-1)15-9-6-10-16(13-15)17-11-4-5-12-18-17;1-2-6-12-10(4-1)7-8-11-5-3-9-14-13(11)12;1-4(6)3-5(2)7;;;/h3-9,11-12,14-16H,13H2,1-2H3;3-7,9-12H,1-2H3;1-9,11-13H;1-5,7-9H;3,6H,1-2H3;;;/q4*-1;;;;. The maximum Gasteiger partial charge on any atom is 0.155 e. The van der Waals surface area contributed by atoms with E-state index in [1.54, 1.807) is 12.4 Å². The number of allylic oxidation sites excluding steroid dienone is 2. The number of hydrogen-bond acceptors (Lipinski definition) is 6. The van der Waals surface area contributed by atoms with Gasteiger partial charge in [-0.2, -0.15) is 17.2 Å². The Morgan fingerprint density at radius 2 is 1.15 bits per heavy atom. The molecule has 4 aromatic heterocycles. The monoisotopic (exact) mass is 1630 g/mol. The average Bonchev–Trinajstić information content (AvgIpc) is 2.76. The Kier molecular flexibility index (Phi) is 24.6. The fourth-order valence-electron chi connectivity index (χ4n) is 9.81. The maximum atomic E-state index is 10.0. The first kappa shape index (κ1) is 65.3. The summed E-state index contributed by atoms with van der Waals surface area (Å²) in [4.78, 5) is 23.2. The van der Waals surface area contributed by atoms with Gasteiger partial charge in [0.1, 0.15) is 0 Å². The van der Waals surface area contributed by atoms with E-state index >= 15 is 0 Å². The van der Waals surface area contributed by atoms with Gasteiger partial charge in [0.2, 0.25) is 0 Å². The molecule has 0 saturated heterocycles. The summed E-state index contributed by atoms with van der Waals surface area (Å²) in [5.41, 5.74) is 17.7. The number of fused-ring (bicyclic) bond motifs is 6. The van der Waals surface area contributed by atoms with Gasteiger partial charge in [0.25, 0.3) is 0 Å². The Morgan fingerprint density at radius 3 is 1.77 bits per heavy atom. The number of aromatic nitrogens is 5. The van der Waals surface area contributed by atoms with E-state index in [0.717, 1.165) is 45.5 Å². The molecule has 8 aromatic carbocycles. The number of carbonyl (C=O) groups excluding carboxylic acids is 1. The molecule has 10 heteroatoms. The zero-order valence-electron chi connectivity index (χ0n) is 47.5. The molecular weight excluding hydrogens is 1570 g/mol. The molecular formula is C74H63Ir3N5O2-4. The third-order valence-electron chi connectivity index (χ3n) is 13.6. The molecule has 1 aliphatic rings. The summed E-state index contributed by atoms with van der Waals surface area (Å²) in [6, 6.07) is 85.6. The zero-order chi connectivity index (χ0) is 56.6. The van der Waals surface area contributed by atoms with Crippen molar-refractivity contribution in [1.29, 1.82) is 0 Å². The van der Waals surface area contributed by atoms with Gasteiger partial charge in [-0.15, -0.1) is 123 Å². The van der Waals surface area contributed by atoms with Crippen LogP contribution in [0.3, 0.4) is 0 Å². The predicted octanol–water partition coefficient (Wildman–Crippen LogP) is 17.8. The summed E-state index contributed by atoms with van der Waals surface area (Å²) in [7, 11) is 0. The summed E-state index contributed by atoms with van der Waals surface area (Å²) in [5.74, 6) is 0.607. The first-order valence-electron chi connectivity index (χ1n) is 27.1. The van der Waals surface area contributed by atoms with Gasteiger partial charge in [-0.25, -0.2) is 0 Å². The summed E-state index contributed by atoms with van der Waals surface area (Å²) in [6.45, 7) is 11.9. The van der Waals surface area contributed by atoms with Gasteiger partial charge in [-0.3, -0.25) is 9.48 Å². The molecule has 0 fully saturated rings. The molecule has 0 atom stereocenters. The van der Waals surface area contributed by atoms with E-state index < -0.39 is 0 Å². The van der Waals surface area contributed by atoms with Crippen molar-refractivity contribution >= 4 is 27.5 Å². The van der Waals surface area contributed by atoms with Crippen LogP contribution in [-0.2, 0) is 76.9 Å². The summed E-state index contributed by atoms with van der Waals surface area (Å²) < 4.78 is 1.86. The van der Waals surface area contributed by atoms with Gasteiger partial charge in [0.15, 0.2) is 5.78 Å². The SMILES string of the molecule is CC(=O)C=C(C)O.CC(C)Cc1cccc(-c2cc[c-]c(-c3ccccn3)c2)c1.CC1(C)c2ccccc2-c2c[c-]c(-n3cccn3)cc21.[Ir].[Ir].[Ir].[c-]1ccc(-c2ccccc2)cc1-c1ccccn1.[c-]1cccc2ccc3cccnc3c12. The molecule has 0 amide bonds. The van der Waals surface area contributed by atoms with Crippen molar-refractivity contribution in [2.45, 2.75) is 53.4 Å². The van der Waals surface area contributed by atoms with Crippen LogP contribution in [0.4, 0.5) is 0 Å². The minimum atomic E-state index is -0.125. The second kappa shape index (κ2) is 31.7. The number of benzene rings is 8. The van der Waals surface area contributed by atoms with Crippen LogP contribution in [0.5, 0.6) is 0 Å². The van der Waals surface area contributed by atoms with E-state index in [9.17, 15) is 4.79 Å². The van der Waals surface area contributed by atoms with Crippen LogP contribution in [0.25, 0.3) is 83.3 Å². The fraction of sp³-hybridized carbons (Fsp3) is 0.122. The van der Waals surface area contributed by atoms with Crippen LogP contribution < -0.4 is 0 Å². The number of nitrogens with zero attached hydrogens (tertiary/aromatic N) is 5. The summed E-state index contributed by atoms with van der Waals surface area (Å²) >= 11 is 0. The van der Waals surface area contributed by atoms with Gasteiger partial charge in [0, 0.05) is 97.4 Å². The minimum absolute atomic E-state index is 0. The van der Waals surface area contributed by atoms with Crippen molar-refractivity contribution < 1.29 is 70.2 Å². The number of carbonyl (C=O) groups is 1. The third-order valence-corrected chi connectivity index (χ3v) is 13.6. The van der Waals surface area contributed by atoms with Crippen LogP contribution in [0.1, 0.15) is 58.2 Å². The molecule has 12 aromatic rings. The van der Waals surface area contributed by atoms with E-state index in [-0.39, 0.29) is 77.3 Å². The molecule has 1 N–H and O–H groups in total. The molecule has 13 rings (SSSR count). The number of rotatable bonds is 8. The number of hydrogen-bond donors (Lipinski definition) is 1. The topological polar surface area (TPSA) is 93.8 Å². The Labute approximate surface area is 535 Å². The maximum absolute atomic E-state index is 10.0. The van der Waals surface area contributed by atoms with Crippen LogP contribution in [0, 0.1) is 30.2 Å². The fourth-order valence-corrected chi connectivity index (χ4v) is 9.81. The van der Waals surface area contributed by atoms with Gasteiger partial charge in [-0.1, -0.05) is 155 Å². The van der Waals surface area contributed by atoms with Crippen molar-refractivity contribution in [1.82, 2.24) is 24.7 Å². The van der Waals surface area contributed by atoms with E-state index in [0.29, 0.717) is 5.92 Å². The van der Waals surface area contributed by atoms with Crippen LogP contribution >= 0.6 is 0 Å². The molecule has 7 nitrogen and oxygen atoms in total. The van der Waals surface area contributed by atoms with Crippen LogP contribution in [0.2, 0.25) is 0 Å². The molecule has 3 radical (unpaired) electrons. The number of pyridine rings is 3. The first-order valence-corrected chi connectivity index (χ1v) is 27.1. The van der Waals surface area contributed by atoms with Crippen molar-refractivity contribution in [2.75, 3.05) is 0 Å². The smallest absolute Gasteiger partial charge is 0.155 e. The zero-order valence-corrected chi connectivity index (χ0v) is 54.7. The number of aliphatic hydroxyl groups excluding tert-OH is 1. The predicted molar refractivity (Wildman–Crippen MR) is 332 cm³/mol. The normalized spacial score (nSPS) is 11.3. The average molecular weight is 1630 g/mol. The first-order chi connectivity index (χ1) is 39.4. The van der Waals surface area contributed by atoms with Gasteiger partial charge >= 0.3 is 0 Å². The minimum Gasteiger partial charge on any atom is -0.512 e. The van der Waals surface area contributed by atoms with E-state index in [2.05, 4.69) is 193 Å². The van der Waals surface area contributed by atoms with E-state index in [1.807, 2.05) is 114 Å². The van der Waals surface area contributed by atoms with Crippen molar-refractivity contribution in [3.05, 3.63) is 296 Å². The molecule has 0 aliphatic heterocycles. The third kappa shape index (κ3) is 17.1. The number of ketones is 1. The molecule has 0 spiro atoms. The summed E-state index contributed by atoms with van der Waals surface area (Å²) in [5, 5.41) is 16.1. The molecule has 4 heterocycles. The molecule has 0 unspecified atom stereocenters. The van der Waals surface area contributed by atoms with Gasteiger partial charge in [-0.05, 0) is 106 Å². The van der Waals surface area contributed by atoms with E-state index in [4.69, 9.17) is 5.11 Å². The second-order valence-corrected chi connectivity index (χ2v) is 20.5. The Balaban J connectivity index is 0.000000172. The van der Waals surface area contributed by atoms with Crippen molar-refractivity contribution in [3.8, 4) is 61.6 Å². The molecule has 84 heavy (non-hydrogen) atoms. The molecule has 1 aliphatic carbocycles. The van der Waals surface area contributed by atoms with Crippen molar-refractivity contribution in [3.63, 3.8) is 0 Å². The van der Waals surface area contributed by atoms with E-state index in [1.165, 1.54) is 80.8 Å². The number of aliphatic hydroxyl groups is 1. The van der Waals surface area contributed by atoms with Crippen molar-refractivity contribution in [2.24, 2.45) is 5.92 Å². The summed E-state index contributed by atoms with van der Waals surface area (Å²) in [6.07, 6.45) is 11.5. The van der Waals surface area contributed by atoms with Crippen LogP contribution in [0.15, 0.2) is 255 Å². The van der Waals surface area contributed by atoms with Crippen LogP contribution in [-0.4, -0.2) is 35.6 Å². The molecule has 427 valence electrons. The Morgan fingerprint density at radius 1 is 0.548 bits per heavy atom.